The first-order chi connectivity index (χ1) is 15.6. The number of hydrogen-bond acceptors (Lipinski definition) is 6. The smallest absolute Gasteiger partial charge is 0.291 e. The molecule has 0 spiro atoms. The first-order valence-electron chi connectivity index (χ1n) is 9.69. The number of furan rings is 1. The second-order valence-corrected chi connectivity index (χ2v) is 6.99. The Labute approximate surface area is 181 Å². The van der Waals surface area contributed by atoms with Crippen LogP contribution >= 0.6 is 0 Å². The van der Waals surface area contributed by atoms with Gasteiger partial charge >= 0.3 is 0 Å². The van der Waals surface area contributed by atoms with Crippen molar-refractivity contribution in [2.75, 3.05) is 5.32 Å². The number of nitrogens with zero attached hydrogens (tertiary/aromatic N) is 2. The molecule has 0 aliphatic rings. The van der Waals surface area contributed by atoms with Crippen LogP contribution in [0.15, 0.2) is 93.8 Å². The zero-order valence-corrected chi connectivity index (χ0v) is 16.5. The van der Waals surface area contributed by atoms with Crippen LogP contribution in [0.2, 0.25) is 0 Å². The van der Waals surface area contributed by atoms with Crippen LogP contribution in [-0.4, -0.2) is 15.8 Å². The number of aromatic nitrogens is 1. The third-order valence-electron chi connectivity index (χ3n) is 4.83. The summed E-state index contributed by atoms with van der Waals surface area (Å²) in [5.74, 6) is 0.447. The second-order valence-electron chi connectivity index (χ2n) is 6.99. The molecule has 0 aliphatic heterocycles. The van der Waals surface area contributed by atoms with Gasteiger partial charge in [-0.15, -0.1) is 0 Å². The van der Waals surface area contributed by atoms with E-state index in [1.807, 2.05) is 30.3 Å². The summed E-state index contributed by atoms with van der Waals surface area (Å²) in [6.45, 7) is 0. The lowest BCUT2D eigenvalue weighted by Crippen LogP contribution is -2.10. The van der Waals surface area contributed by atoms with Gasteiger partial charge in [-0.1, -0.05) is 30.3 Å². The molecule has 0 aliphatic carbocycles. The molecular formula is C24H15N3O5. The number of oxazole rings is 1. The van der Waals surface area contributed by atoms with Gasteiger partial charge in [-0.2, -0.15) is 0 Å². The van der Waals surface area contributed by atoms with E-state index in [2.05, 4.69) is 10.3 Å². The average molecular weight is 425 g/mol. The predicted molar refractivity (Wildman–Crippen MR) is 118 cm³/mol. The van der Waals surface area contributed by atoms with Crippen LogP contribution in [0.4, 0.5) is 11.4 Å². The number of nitro groups is 1. The molecule has 0 saturated carbocycles. The largest absolute Gasteiger partial charge is 0.451 e. The molecule has 2 aromatic heterocycles. The summed E-state index contributed by atoms with van der Waals surface area (Å²) in [7, 11) is 0. The van der Waals surface area contributed by atoms with Gasteiger partial charge in [0.25, 0.3) is 11.6 Å². The van der Waals surface area contributed by atoms with Gasteiger partial charge < -0.3 is 14.2 Å². The van der Waals surface area contributed by atoms with Crippen LogP contribution in [0, 0.1) is 10.1 Å². The highest BCUT2D eigenvalue weighted by molar-refractivity contribution is 6.02. The molecular weight excluding hydrogens is 410 g/mol. The van der Waals surface area contributed by atoms with Gasteiger partial charge in [0, 0.05) is 28.9 Å². The molecule has 0 atom stereocenters. The molecule has 5 rings (SSSR count). The molecule has 0 unspecified atom stereocenters. The summed E-state index contributed by atoms with van der Waals surface area (Å²) < 4.78 is 11.4. The molecule has 3 aromatic carbocycles. The lowest BCUT2D eigenvalue weighted by atomic mass is 10.1. The van der Waals surface area contributed by atoms with E-state index in [1.54, 1.807) is 36.4 Å². The summed E-state index contributed by atoms with van der Waals surface area (Å²) >= 11 is 0. The molecule has 2 heterocycles. The quantitative estimate of drug-likeness (QED) is 0.276. The number of carbonyl (C=O) groups excluding carboxylic acids is 1. The van der Waals surface area contributed by atoms with Crippen LogP contribution < -0.4 is 5.32 Å². The number of fused-ring (bicyclic) bond motifs is 1. The zero-order chi connectivity index (χ0) is 22.1. The van der Waals surface area contributed by atoms with Crippen molar-refractivity contribution in [3.63, 3.8) is 0 Å². The van der Waals surface area contributed by atoms with Crippen molar-refractivity contribution in [3.8, 4) is 22.8 Å². The SMILES string of the molecule is O=C(Nc1cccc(-c2nc3ccccc3o2)c1)c1ccc(-c2cccc([N+](=O)[O-])c2)o1. The molecule has 156 valence electrons. The number of nitrogens with one attached hydrogen (secondary N) is 1. The van der Waals surface area contributed by atoms with E-state index in [0.29, 0.717) is 28.5 Å². The van der Waals surface area contributed by atoms with Gasteiger partial charge in [-0.25, -0.2) is 4.98 Å². The lowest BCUT2D eigenvalue weighted by Gasteiger charge is -2.04. The highest BCUT2D eigenvalue weighted by atomic mass is 16.6. The fourth-order valence-corrected chi connectivity index (χ4v) is 3.31. The molecule has 0 fully saturated rings. The van der Waals surface area contributed by atoms with Gasteiger partial charge in [0.2, 0.25) is 5.89 Å². The minimum atomic E-state index is -0.482. The monoisotopic (exact) mass is 425 g/mol. The van der Waals surface area contributed by atoms with Gasteiger partial charge in [0.05, 0.1) is 4.92 Å². The van der Waals surface area contributed by atoms with Gasteiger partial charge in [-0.3, -0.25) is 14.9 Å². The molecule has 5 aromatic rings. The van der Waals surface area contributed by atoms with E-state index >= 15 is 0 Å². The normalized spacial score (nSPS) is 10.9. The highest BCUT2D eigenvalue weighted by Crippen LogP contribution is 2.28. The fraction of sp³-hybridized carbons (Fsp3) is 0. The lowest BCUT2D eigenvalue weighted by molar-refractivity contribution is -0.384. The van der Waals surface area contributed by atoms with Crippen molar-refractivity contribution in [2.24, 2.45) is 0 Å². The van der Waals surface area contributed by atoms with Crippen molar-refractivity contribution >= 4 is 28.4 Å². The van der Waals surface area contributed by atoms with Crippen LogP contribution in [0.25, 0.3) is 33.9 Å². The third kappa shape index (κ3) is 3.72. The second kappa shape index (κ2) is 7.84. The van der Waals surface area contributed by atoms with Crippen molar-refractivity contribution in [3.05, 3.63) is 101 Å². The Hall–Kier alpha value is -4.72. The minimum Gasteiger partial charge on any atom is -0.451 e. The van der Waals surface area contributed by atoms with Crippen molar-refractivity contribution in [2.45, 2.75) is 0 Å². The van der Waals surface area contributed by atoms with E-state index in [-0.39, 0.29) is 11.4 Å². The van der Waals surface area contributed by atoms with Crippen molar-refractivity contribution < 1.29 is 18.6 Å². The maximum atomic E-state index is 12.7. The molecule has 8 nitrogen and oxygen atoms in total. The number of para-hydroxylation sites is 2. The number of anilines is 1. The summed E-state index contributed by atoms with van der Waals surface area (Å²) in [5.41, 5.74) is 3.15. The minimum absolute atomic E-state index is 0.0547. The average Bonchev–Trinajstić information content (AvgIpc) is 3.47. The van der Waals surface area contributed by atoms with Crippen LogP contribution in [0.5, 0.6) is 0 Å². The third-order valence-corrected chi connectivity index (χ3v) is 4.83. The summed E-state index contributed by atoms with van der Waals surface area (Å²) in [6.07, 6.45) is 0. The molecule has 8 heteroatoms. The molecule has 0 bridgehead atoms. The van der Waals surface area contributed by atoms with Gasteiger partial charge in [-0.05, 0) is 42.5 Å². The Kier molecular flexibility index (Phi) is 4.72. The number of nitro benzene ring substituents is 1. The van der Waals surface area contributed by atoms with Crippen molar-refractivity contribution in [1.29, 1.82) is 0 Å². The first-order valence-corrected chi connectivity index (χ1v) is 9.69. The van der Waals surface area contributed by atoms with E-state index in [1.165, 1.54) is 18.2 Å². The van der Waals surface area contributed by atoms with E-state index < -0.39 is 10.8 Å². The number of benzene rings is 3. The highest BCUT2D eigenvalue weighted by Gasteiger charge is 2.15. The topological polar surface area (TPSA) is 111 Å². The number of carbonyl (C=O) groups is 1. The van der Waals surface area contributed by atoms with E-state index in [4.69, 9.17) is 8.83 Å². The summed E-state index contributed by atoms with van der Waals surface area (Å²) in [6, 6.07) is 23.7. The predicted octanol–water partition coefficient (Wildman–Crippen LogP) is 5.92. The molecule has 32 heavy (non-hydrogen) atoms. The Morgan fingerprint density at radius 2 is 1.69 bits per heavy atom. The number of hydrogen-bond donors (Lipinski definition) is 1. The van der Waals surface area contributed by atoms with Crippen molar-refractivity contribution in [1.82, 2.24) is 4.98 Å². The molecule has 0 saturated heterocycles. The first kappa shape index (κ1) is 19.3. The maximum Gasteiger partial charge on any atom is 0.291 e. The maximum absolute atomic E-state index is 12.7. The van der Waals surface area contributed by atoms with E-state index in [9.17, 15) is 14.9 Å². The van der Waals surface area contributed by atoms with Crippen LogP contribution in [0.3, 0.4) is 0 Å². The Balaban J connectivity index is 1.36. The molecule has 1 amide bonds. The van der Waals surface area contributed by atoms with Crippen LogP contribution in [-0.2, 0) is 0 Å². The van der Waals surface area contributed by atoms with Gasteiger partial charge in [0.15, 0.2) is 11.3 Å². The Morgan fingerprint density at radius 1 is 0.875 bits per heavy atom. The van der Waals surface area contributed by atoms with E-state index in [0.717, 1.165) is 11.1 Å². The molecule has 0 radical (unpaired) electrons. The summed E-state index contributed by atoms with van der Waals surface area (Å²) in [4.78, 5) is 27.6. The fourth-order valence-electron chi connectivity index (χ4n) is 3.31. The van der Waals surface area contributed by atoms with Gasteiger partial charge in [0.1, 0.15) is 11.3 Å². The number of non-ortho nitro benzene ring substituents is 1. The molecule has 1 N–H and O–H groups in total. The van der Waals surface area contributed by atoms with Crippen LogP contribution in [0.1, 0.15) is 10.6 Å². The zero-order valence-electron chi connectivity index (χ0n) is 16.5. The number of amides is 1. The Morgan fingerprint density at radius 3 is 2.53 bits per heavy atom. The Bertz CT molecular complexity index is 1430. The summed E-state index contributed by atoms with van der Waals surface area (Å²) in [5, 5.41) is 13.8. The standard InChI is InChI=1S/C24H15N3O5/c28-23(22-12-11-20(31-22)15-5-4-8-18(14-15)27(29)30)25-17-7-3-6-16(13-17)24-26-19-9-1-2-10-21(19)32-24/h1-14H,(H,25,28). The number of rotatable bonds is 5.